The molecule has 1 aliphatic carbocycles. The fourth-order valence-corrected chi connectivity index (χ4v) is 5.20. The van der Waals surface area contributed by atoms with Crippen LogP contribution in [-0.2, 0) is 11.4 Å². The Balaban J connectivity index is 1.54. The molecule has 0 amide bonds. The van der Waals surface area contributed by atoms with Gasteiger partial charge in [0.2, 0.25) is 0 Å². The van der Waals surface area contributed by atoms with Crippen LogP contribution >= 0.6 is 11.8 Å². The van der Waals surface area contributed by atoms with Crippen LogP contribution in [0.1, 0.15) is 49.3 Å². The van der Waals surface area contributed by atoms with Crippen molar-refractivity contribution in [2.24, 2.45) is 5.41 Å². The Morgan fingerprint density at radius 1 is 1.06 bits per heavy atom. The molecule has 1 atom stereocenters. The van der Waals surface area contributed by atoms with E-state index in [0.717, 1.165) is 29.0 Å². The maximum Gasteiger partial charge on any atom is 0.257 e. The summed E-state index contributed by atoms with van der Waals surface area (Å²) in [6.45, 7) is 4.66. The Labute approximate surface area is 202 Å². The zero-order valence-corrected chi connectivity index (χ0v) is 20.3. The third-order valence-electron chi connectivity index (χ3n) is 6.36. The molecule has 0 bridgehead atoms. The molecule has 1 unspecified atom stereocenters. The molecule has 0 fully saturated rings. The first-order valence-electron chi connectivity index (χ1n) is 11.3. The van der Waals surface area contributed by atoms with Crippen molar-refractivity contribution in [3.8, 4) is 5.75 Å². The van der Waals surface area contributed by atoms with Crippen molar-refractivity contribution in [2.75, 3.05) is 11.6 Å². The lowest BCUT2D eigenvalue weighted by molar-refractivity contribution is -0.118. The van der Waals surface area contributed by atoms with E-state index in [4.69, 9.17) is 4.74 Å². The summed E-state index contributed by atoms with van der Waals surface area (Å²) in [5.41, 5.74) is 3.63. The summed E-state index contributed by atoms with van der Waals surface area (Å²) < 4.78 is 5.94. The van der Waals surface area contributed by atoms with Crippen LogP contribution in [0.3, 0.4) is 0 Å². The number of aromatic amines is 1. The molecule has 0 spiro atoms. The number of hydrogen-bond donors (Lipinski definition) is 2. The van der Waals surface area contributed by atoms with E-state index in [-0.39, 0.29) is 16.8 Å². The molecule has 5 rings (SSSR count). The van der Waals surface area contributed by atoms with Crippen LogP contribution < -0.4 is 15.6 Å². The Bertz CT molecular complexity index is 1330. The van der Waals surface area contributed by atoms with Gasteiger partial charge in [-0.1, -0.05) is 68.1 Å². The van der Waals surface area contributed by atoms with Gasteiger partial charge in [-0.05, 0) is 41.4 Å². The number of fused-ring (bicyclic) bond motifs is 1. The van der Waals surface area contributed by atoms with Gasteiger partial charge in [-0.25, -0.2) is 4.98 Å². The van der Waals surface area contributed by atoms with Crippen LogP contribution in [0.15, 0.2) is 75.8 Å². The van der Waals surface area contributed by atoms with Gasteiger partial charge in [0.15, 0.2) is 10.9 Å². The number of carbonyl (C=O) groups is 1. The van der Waals surface area contributed by atoms with Crippen LogP contribution in [0.2, 0.25) is 0 Å². The first-order valence-corrected chi connectivity index (χ1v) is 12.6. The third-order valence-corrected chi connectivity index (χ3v) is 6.94. The van der Waals surface area contributed by atoms with Crippen LogP contribution in [0.5, 0.6) is 5.75 Å². The van der Waals surface area contributed by atoms with Crippen molar-refractivity contribution in [3.05, 3.63) is 92.9 Å². The third kappa shape index (κ3) is 4.28. The molecule has 1 aliphatic heterocycles. The van der Waals surface area contributed by atoms with Crippen LogP contribution in [0.4, 0.5) is 5.82 Å². The smallest absolute Gasteiger partial charge is 0.257 e. The highest BCUT2D eigenvalue weighted by Crippen LogP contribution is 2.47. The maximum atomic E-state index is 13.3. The molecule has 6 nitrogen and oxygen atoms in total. The predicted molar refractivity (Wildman–Crippen MR) is 134 cm³/mol. The van der Waals surface area contributed by atoms with Gasteiger partial charge < -0.3 is 15.0 Å². The second kappa shape index (κ2) is 8.80. The number of nitrogens with zero attached hydrogens (tertiary/aromatic N) is 1. The summed E-state index contributed by atoms with van der Waals surface area (Å²) in [7, 11) is 0. The molecular formula is C27H27N3O3S. The van der Waals surface area contributed by atoms with Gasteiger partial charge >= 0.3 is 0 Å². The minimum atomic E-state index is -0.467. The van der Waals surface area contributed by atoms with E-state index >= 15 is 0 Å². The highest BCUT2D eigenvalue weighted by atomic mass is 32.2. The number of rotatable bonds is 5. The number of anilines is 1. The summed E-state index contributed by atoms with van der Waals surface area (Å²) >= 11 is 1.38. The highest BCUT2D eigenvalue weighted by Gasteiger charge is 2.42. The molecule has 0 saturated heterocycles. The number of hydrogen-bond acceptors (Lipinski definition) is 6. The largest absolute Gasteiger partial charge is 0.489 e. The van der Waals surface area contributed by atoms with Crippen LogP contribution in [-0.4, -0.2) is 22.0 Å². The zero-order valence-electron chi connectivity index (χ0n) is 19.5. The summed E-state index contributed by atoms with van der Waals surface area (Å²) in [4.78, 5) is 34.0. The number of thioether (sulfide) groups is 1. The minimum absolute atomic E-state index is 0.0761. The number of aromatic nitrogens is 2. The van der Waals surface area contributed by atoms with E-state index in [1.807, 2.05) is 60.9 Å². The predicted octanol–water partition coefficient (Wildman–Crippen LogP) is 5.27. The molecular weight excluding hydrogens is 446 g/mol. The Morgan fingerprint density at radius 3 is 2.50 bits per heavy atom. The minimum Gasteiger partial charge on any atom is -0.489 e. The monoisotopic (exact) mass is 473 g/mol. The number of nitrogens with one attached hydrogen (secondary N) is 2. The number of ketones is 1. The van der Waals surface area contributed by atoms with Gasteiger partial charge in [0, 0.05) is 23.6 Å². The number of allylic oxidation sites excluding steroid dienone is 2. The van der Waals surface area contributed by atoms with E-state index in [1.165, 1.54) is 11.8 Å². The lowest BCUT2D eigenvalue weighted by Gasteiger charge is -2.38. The topological polar surface area (TPSA) is 84.1 Å². The molecule has 2 heterocycles. The number of Topliss-reactive ketones (excluding diaryl/α,β-unsaturated/α-hetero) is 1. The summed E-state index contributed by atoms with van der Waals surface area (Å²) in [6.07, 6.45) is 3.05. The molecule has 2 aromatic carbocycles. The molecule has 34 heavy (non-hydrogen) atoms. The Kier molecular flexibility index (Phi) is 5.81. The van der Waals surface area contributed by atoms with Crippen molar-refractivity contribution >= 4 is 23.4 Å². The summed E-state index contributed by atoms with van der Waals surface area (Å²) in [5.74, 6) is 0.876. The maximum absolute atomic E-state index is 13.3. The molecule has 0 saturated carbocycles. The quantitative estimate of drug-likeness (QED) is 0.388. The van der Waals surface area contributed by atoms with Crippen molar-refractivity contribution in [3.63, 3.8) is 0 Å². The molecule has 2 aliphatic rings. The van der Waals surface area contributed by atoms with Crippen LogP contribution in [0.25, 0.3) is 0 Å². The molecule has 3 aromatic rings. The van der Waals surface area contributed by atoms with E-state index in [9.17, 15) is 9.59 Å². The van der Waals surface area contributed by atoms with E-state index in [1.54, 1.807) is 0 Å². The first kappa shape index (κ1) is 22.5. The number of carbonyl (C=O) groups excluding carboxylic acids is 1. The second-order valence-corrected chi connectivity index (χ2v) is 10.4. The van der Waals surface area contributed by atoms with Crippen molar-refractivity contribution in [1.82, 2.24) is 9.97 Å². The Morgan fingerprint density at radius 2 is 1.79 bits per heavy atom. The van der Waals surface area contributed by atoms with Crippen LogP contribution in [0, 0.1) is 5.41 Å². The lowest BCUT2D eigenvalue weighted by atomic mass is 9.69. The van der Waals surface area contributed by atoms with Crippen molar-refractivity contribution in [2.45, 2.75) is 44.4 Å². The van der Waals surface area contributed by atoms with Gasteiger partial charge in [-0.15, -0.1) is 0 Å². The average molecular weight is 474 g/mol. The molecule has 174 valence electrons. The number of benzene rings is 2. The first-order chi connectivity index (χ1) is 16.3. The van der Waals surface area contributed by atoms with Gasteiger partial charge in [0.1, 0.15) is 18.2 Å². The van der Waals surface area contributed by atoms with Crippen molar-refractivity contribution in [1.29, 1.82) is 0 Å². The van der Waals surface area contributed by atoms with E-state index in [0.29, 0.717) is 35.1 Å². The van der Waals surface area contributed by atoms with Gasteiger partial charge in [-0.2, -0.15) is 0 Å². The fourth-order valence-electron chi connectivity index (χ4n) is 4.82. The molecule has 1 aromatic heterocycles. The fraction of sp³-hybridized carbons (Fsp3) is 0.296. The Hall–Kier alpha value is -3.32. The molecule has 2 N–H and O–H groups in total. The van der Waals surface area contributed by atoms with E-state index < -0.39 is 5.92 Å². The highest BCUT2D eigenvalue weighted by molar-refractivity contribution is 7.98. The zero-order chi connectivity index (χ0) is 23.9. The number of ether oxygens (including phenoxy) is 1. The summed E-state index contributed by atoms with van der Waals surface area (Å²) in [6, 6.07) is 17.7. The normalized spacial score (nSPS) is 18.7. The molecule has 7 heteroatoms. The van der Waals surface area contributed by atoms with Gasteiger partial charge in [-0.3, -0.25) is 9.59 Å². The van der Waals surface area contributed by atoms with E-state index in [2.05, 4.69) is 29.1 Å². The average Bonchev–Trinajstić information content (AvgIpc) is 2.81. The van der Waals surface area contributed by atoms with Gasteiger partial charge in [0.05, 0.1) is 5.56 Å². The van der Waals surface area contributed by atoms with Gasteiger partial charge in [0.25, 0.3) is 5.56 Å². The standard InChI is InChI=1S/C27H27N3O3S/c1-27(2)13-19-22(20(31)14-27)21(23-24(28-19)29-26(34-3)30-25(23)32)17-9-11-18(12-10-17)33-15-16-7-5-4-6-8-16/h4-12,21H,13-15H2,1-3H3,(H2,28,29,30,32). The second-order valence-electron chi connectivity index (χ2n) is 9.57. The SMILES string of the molecule is CSc1nc2c(c(=O)[nH]1)C(c1ccc(OCc3ccccc3)cc1)C1=C(CC(C)(C)CC1=O)N2. The van der Waals surface area contributed by atoms with Crippen molar-refractivity contribution < 1.29 is 9.53 Å². The summed E-state index contributed by atoms with van der Waals surface area (Å²) in [5, 5.41) is 3.89. The number of H-pyrrole nitrogens is 1. The molecule has 0 radical (unpaired) electrons. The lowest BCUT2D eigenvalue weighted by Crippen LogP contribution is -2.37.